The number of halogens is 1. The lowest BCUT2D eigenvalue weighted by molar-refractivity contribution is -0.119. The van der Waals surface area contributed by atoms with Gasteiger partial charge in [0.05, 0.1) is 0 Å². The Balaban J connectivity index is 2.00. The van der Waals surface area contributed by atoms with E-state index in [0.717, 1.165) is 55.9 Å². The highest BCUT2D eigenvalue weighted by Gasteiger charge is 2.32. The molecule has 3 rings (SSSR count). The maximum absolute atomic E-state index is 11.7. The van der Waals surface area contributed by atoms with Crippen molar-refractivity contribution in [3.63, 3.8) is 0 Å². The summed E-state index contributed by atoms with van der Waals surface area (Å²) in [5, 5.41) is 0.491. The van der Waals surface area contributed by atoms with Crippen LogP contribution in [0.4, 0.5) is 5.82 Å². The molecule has 2 heterocycles. The zero-order valence-electron chi connectivity index (χ0n) is 11.6. The number of hydrogen-bond donors (Lipinski definition) is 1. The van der Waals surface area contributed by atoms with Gasteiger partial charge in [0.15, 0.2) is 0 Å². The first kappa shape index (κ1) is 13.6. The maximum atomic E-state index is 11.7. The van der Waals surface area contributed by atoms with Gasteiger partial charge >= 0.3 is 0 Å². The first-order valence-electron chi connectivity index (χ1n) is 7.18. The van der Waals surface area contributed by atoms with Crippen molar-refractivity contribution in [1.82, 2.24) is 9.97 Å². The van der Waals surface area contributed by atoms with Crippen LogP contribution in [0.2, 0.25) is 5.15 Å². The number of hydrogen-bond acceptors (Lipinski definition) is 4. The van der Waals surface area contributed by atoms with Gasteiger partial charge in [-0.3, -0.25) is 4.79 Å². The average Bonchev–Trinajstić information content (AvgIpc) is 3.26. The largest absolute Gasteiger partial charge is 0.368 e. The molecule has 1 saturated heterocycles. The van der Waals surface area contributed by atoms with Crippen molar-refractivity contribution in [2.45, 2.75) is 51.0 Å². The normalized spacial score (nSPS) is 22.9. The summed E-state index contributed by atoms with van der Waals surface area (Å²) in [5.41, 5.74) is 6.37. The van der Waals surface area contributed by atoms with Gasteiger partial charge in [0.1, 0.15) is 22.8 Å². The fourth-order valence-electron chi connectivity index (χ4n) is 2.78. The van der Waals surface area contributed by atoms with E-state index < -0.39 is 0 Å². The third-order valence-electron chi connectivity index (χ3n) is 4.12. The van der Waals surface area contributed by atoms with Crippen molar-refractivity contribution in [3.8, 4) is 0 Å². The second kappa shape index (κ2) is 5.20. The van der Waals surface area contributed by atoms with Crippen molar-refractivity contribution >= 4 is 23.3 Å². The molecule has 1 aliphatic heterocycles. The van der Waals surface area contributed by atoms with E-state index >= 15 is 0 Å². The van der Waals surface area contributed by atoms with Gasteiger partial charge in [0.25, 0.3) is 0 Å². The van der Waals surface area contributed by atoms with Crippen molar-refractivity contribution in [2.75, 3.05) is 11.4 Å². The predicted molar refractivity (Wildman–Crippen MR) is 77.9 cm³/mol. The zero-order chi connectivity index (χ0) is 14.3. The number of anilines is 1. The average molecular weight is 295 g/mol. The highest BCUT2D eigenvalue weighted by Crippen LogP contribution is 2.40. The molecular weight excluding hydrogens is 276 g/mol. The molecule has 2 N–H and O–H groups in total. The number of nitrogens with two attached hydrogens (primary N) is 1. The Hall–Kier alpha value is -1.36. The van der Waals surface area contributed by atoms with Gasteiger partial charge in [-0.05, 0) is 39.0 Å². The van der Waals surface area contributed by atoms with Crippen LogP contribution >= 0.6 is 11.6 Å². The van der Waals surface area contributed by atoms with Gasteiger partial charge in [-0.2, -0.15) is 0 Å². The minimum atomic E-state index is -0.285. The molecule has 0 radical (unpaired) electrons. The summed E-state index contributed by atoms with van der Waals surface area (Å²) in [6, 6.07) is -0.277. The van der Waals surface area contributed by atoms with Crippen molar-refractivity contribution in [3.05, 3.63) is 16.5 Å². The second-order valence-electron chi connectivity index (χ2n) is 5.70. The van der Waals surface area contributed by atoms with E-state index in [9.17, 15) is 4.79 Å². The molecule has 0 bridgehead atoms. The number of aromatic nitrogens is 2. The van der Waals surface area contributed by atoms with Gasteiger partial charge in [-0.25, -0.2) is 9.97 Å². The number of piperidine rings is 1. The number of rotatable bonds is 3. The Morgan fingerprint density at radius 1 is 1.30 bits per heavy atom. The summed E-state index contributed by atoms with van der Waals surface area (Å²) >= 11 is 6.24. The molecule has 1 aromatic heterocycles. The molecule has 1 aromatic rings. The van der Waals surface area contributed by atoms with Gasteiger partial charge in [0.2, 0.25) is 5.91 Å². The molecule has 2 aliphatic rings. The molecule has 5 nitrogen and oxygen atoms in total. The standard InChI is InChI=1S/C14H19ClN4O/c1-8-11(15)17-13(9-5-6-9)18-14(8)19-7-3-2-4-10(19)12(16)20/h9-10H,2-7H2,1H3,(H2,16,20). The van der Waals surface area contributed by atoms with Gasteiger partial charge in [0, 0.05) is 18.0 Å². The van der Waals surface area contributed by atoms with Crippen LogP contribution in [0.5, 0.6) is 0 Å². The topological polar surface area (TPSA) is 72.1 Å². The molecule has 1 unspecified atom stereocenters. The van der Waals surface area contributed by atoms with E-state index in [1.807, 2.05) is 11.8 Å². The Morgan fingerprint density at radius 3 is 2.70 bits per heavy atom. The number of amides is 1. The molecule has 2 fully saturated rings. The lowest BCUT2D eigenvalue weighted by Gasteiger charge is -2.35. The number of primary amides is 1. The zero-order valence-corrected chi connectivity index (χ0v) is 12.4. The van der Waals surface area contributed by atoms with Crippen LogP contribution in [0.25, 0.3) is 0 Å². The molecule has 6 heteroatoms. The van der Waals surface area contributed by atoms with Crippen molar-refractivity contribution in [1.29, 1.82) is 0 Å². The van der Waals surface area contributed by atoms with Crippen LogP contribution < -0.4 is 10.6 Å². The van der Waals surface area contributed by atoms with E-state index in [1.165, 1.54) is 0 Å². The summed E-state index contributed by atoms with van der Waals surface area (Å²) in [4.78, 5) is 22.7. The lowest BCUT2D eigenvalue weighted by Crippen LogP contribution is -2.48. The van der Waals surface area contributed by atoms with Crippen LogP contribution in [0.15, 0.2) is 0 Å². The molecule has 0 spiro atoms. The van der Waals surface area contributed by atoms with Crippen LogP contribution in [-0.4, -0.2) is 28.5 Å². The fourth-order valence-corrected chi connectivity index (χ4v) is 2.95. The van der Waals surface area contributed by atoms with Crippen LogP contribution in [0.3, 0.4) is 0 Å². The van der Waals surface area contributed by atoms with E-state index in [-0.39, 0.29) is 11.9 Å². The molecule has 1 saturated carbocycles. The van der Waals surface area contributed by atoms with Gasteiger partial charge < -0.3 is 10.6 Å². The predicted octanol–water partition coefficient (Wildman–Crippen LogP) is 2.16. The Labute approximate surface area is 123 Å². The quantitative estimate of drug-likeness (QED) is 0.867. The van der Waals surface area contributed by atoms with Crippen molar-refractivity contribution < 1.29 is 4.79 Å². The second-order valence-corrected chi connectivity index (χ2v) is 6.06. The van der Waals surface area contributed by atoms with E-state index in [1.54, 1.807) is 0 Å². The Kier molecular flexibility index (Phi) is 3.54. The number of carbonyl (C=O) groups is 1. The lowest BCUT2D eigenvalue weighted by atomic mass is 10.0. The molecule has 1 atom stereocenters. The number of nitrogens with zero attached hydrogens (tertiary/aromatic N) is 3. The first-order chi connectivity index (χ1) is 9.58. The van der Waals surface area contributed by atoms with E-state index in [2.05, 4.69) is 9.97 Å². The minimum Gasteiger partial charge on any atom is -0.368 e. The summed E-state index contributed by atoms with van der Waals surface area (Å²) in [6.07, 6.45) is 5.10. The third kappa shape index (κ3) is 2.46. The molecule has 20 heavy (non-hydrogen) atoms. The molecule has 108 valence electrons. The highest BCUT2D eigenvalue weighted by atomic mass is 35.5. The molecule has 0 aromatic carbocycles. The number of carbonyl (C=O) groups excluding carboxylic acids is 1. The maximum Gasteiger partial charge on any atom is 0.240 e. The fraction of sp³-hybridized carbons (Fsp3) is 0.643. The third-order valence-corrected chi connectivity index (χ3v) is 4.49. The van der Waals surface area contributed by atoms with E-state index in [4.69, 9.17) is 17.3 Å². The summed E-state index contributed by atoms with van der Waals surface area (Å²) < 4.78 is 0. The highest BCUT2D eigenvalue weighted by molar-refractivity contribution is 6.30. The molecular formula is C14H19ClN4O. The molecule has 1 aliphatic carbocycles. The van der Waals surface area contributed by atoms with Crippen LogP contribution in [0.1, 0.15) is 49.4 Å². The monoisotopic (exact) mass is 294 g/mol. The van der Waals surface area contributed by atoms with E-state index in [0.29, 0.717) is 11.1 Å². The summed E-state index contributed by atoms with van der Waals surface area (Å²) in [7, 11) is 0. The van der Waals surface area contributed by atoms with Crippen LogP contribution in [0, 0.1) is 6.92 Å². The summed E-state index contributed by atoms with van der Waals surface area (Å²) in [5.74, 6) is 1.75. The van der Waals surface area contributed by atoms with Crippen molar-refractivity contribution in [2.24, 2.45) is 5.73 Å². The SMILES string of the molecule is Cc1c(Cl)nc(C2CC2)nc1N1CCCCC1C(N)=O. The molecule has 1 amide bonds. The van der Waals surface area contributed by atoms with Crippen LogP contribution in [-0.2, 0) is 4.79 Å². The van der Waals surface area contributed by atoms with Gasteiger partial charge in [-0.15, -0.1) is 0 Å². The first-order valence-corrected chi connectivity index (χ1v) is 7.55. The van der Waals surface area contributed by atoms with Gasteiger partial charge in [-0.1, -0.05) is 11.6 Å². The smallest absolute Gasteiger partial charge is 0.240 e. The minimum absolute atomic E-state index is 0.277. The Bertz CT molecular complexity index is 544. The Morgan fingerprint density at radius 2 is 2.05 bits per heavy atom. The summed E-state index contributed by atoms with van der Waals surface area (Å²) in [6.45, 7) is 2.70.